The molecule has 1 aliphatic rings. The molecule has 17 heavy (non-hydrogen) atoms. The zero-order valence-electron chi connectivity index (χ0n) is 10.1. The van der Waals surface area contributed by atoms with E-state index in [4.69, 9.17) is 5.73 Å². The van der Waals surface area contributed by atoms with Crippen molar-refractivity contribution in [3.05, 3.63) is 29.7 Å². The third-order valence-corrected chi connectivity index (χ3v) is 3.46. The zero-order chi connectivity index (χ0) is 11.8. The summed E-state index contributed by atoms with van der Waals surface area (Å²) in [6, 6.07) is 6.28. The van der Waals surface area contributed by atoms with Gasteiger partial charge in [0.2, 0.25) is 0 Å². The van der Waals surface area contributed by atoms with Gasteiger partial charge in [-0.3, -0.25) is 0 Å². The molecular weight excluding hydrogens is 212 g/mol. The Morgan fingerprint density at radius 2 is 2.29 bits per heavy atom. The number of aromatic nitrogens is 3. The highest BCUT2D eigenvalue weighted by molar-refractivity contribution is 5.39. The Morgan fingerprint density at radius 1 is 1.47 bits per heavy atom. The summed E-state index contributed by atoms with van der Waals surface area (Å²) >= 11 is 0. The van der Waals surface area contributed by atoms with Gasteiger partial charge >= 0.3 is 0 Å². The van der Waals surface area contributed by atoms with Crippen molar-refractivity contribution in [2.24, 2.45) is 5.73 Å². The molecule has 0 saturated heterocycles. The minimum Gasteiger partial charge on any atom is -0.328 e. The van der Waals surface area contributed by atoms with Crippen molar-refractivity contribution < 1.29 is 0 Å². The first-order valence-corrected chi connectivity index (χ1v) is 6.34. The van der Waals surface area contributed by atoms with Crippen molar-refractivity contribution in [1.29, 1.82) is 0 Å². The van der Waals surface area contributed by atoms with Crippen LogP contribution in [-0.2, 0) is 6.42 Å². The highest BCUT2D eigenvalue weighted by Gasteiger charge is 2.24. The predicted octanol–water partition coefficient (Wildman–Crippen LogP) is 1.89. The molecule has 0 spiro atoms. The lowest BCUT2D eigenvalue weighted by atomic mass is 9.85. The van der Waals surface area contributed by atoms with E-state index >= 15 is 0 Å². The van der Waals surface area contributed by atoms with Crippen molar-refractivity contribution in [1.82, 2.24) is 14.6 Å². The highest BCUT2D eigenvalue weighted by Crippen LogP contribution is 2.34. The second-order valence-electron chi connectivity index (χ2n) is 5.07. The van der Waals surface area contributed by atoms with E-state index in [2.05, 4.69) is 16.1 Å². The van der Waals surface area contributed by atoms with Crippen LogP contribution in [0.25, 0.3) is 5.65 Å². The molecule has 0 aromatic carbocycles. The maximum atomic E-state index is 5.86. The fourth-order valence-corrected chi connectivity index (χ4v) is 2.30. The topological polar surface area (TPSA) is 56.2 Å². The molecule has 1 saturated carbocycles. The first-order chi connectivity index (χ1) is 8.24. The number of nitrogens with two attached hydrogens (primary N) is 1. The molecule has 0 radical (unpaired) electrons. The first kappa shape index (κ1) is 10.7. The average molecular weight is 230 g/mol. The molecule has 1 fully saturated rings. The Morgan fingerprint density at radius 3 is 2.94 bits per heavy atom. The van der Waals surface area contributed by atoms with Gasteiger partial charge in [-0.2, -0.15) is 5.10 Å². The number of nitrogens with zero attached hydrogens (tertiary/aromatic N) is 3. The Balaban J connectivity index is 2.01. The van der Waals surface area contributed by atoms with E-state index in [1.807, 2.05) is 23.6 Å². The molecule has 1 aliphatic carbocycles. The van der Waals surface area contributed by atoms with Crippen LogP contribution in [0.15, 0.2) is 18.2 Å². The number of rotatable bonds is 3. The maximum Gasteiger partial charge on any atom is 0.155 e. The lowest BCUT2D eigenvalue weighted by Crippen LogP contribution is -2.19. The minimum absolute atomic E-state index is 0.150. The Hall–Kier alpha value is -1.42. The summed E-state index contributed by atoms with van der Waals surface area (Å²) in [5.41, 5.74) is 7.96. The largest absolute Gasteiger partial charge is 0.328 e. The fourth-order valence-electron chi connectivity index (χ4n) is 2.30. The molecule has 3 rings (SSSR count). The normalized spacial score (nSPS) is 18.2. The predicted molar refractivity (Wildman–Crippen MR) is 66.9 cm³/mol. The lowest BCUT2D eigenvalue weighted by Gasteiger charge is -2.21. The van der Waals surface area contributed by atoms with Crippen molar-refractivity contribution in [3.63, 3.8) is 0 Å². The van der Waals surface area contributed by atoms with Gasteiger partial charge in [-0.25, -0.2) is 9.50 Å². The lowest BCUT2D eigenvalue weighted by molar-refractivity contribution is 0.401. The van der Waals surface area contributed by atoms with Crippen molar-refractivity contribution in [2.45, 2.75) is 44.6 Å². The summed E-state index contributed by atoms with van der Waals surface area (Å²) in [5.74, 6) is 1.59. The van der Waals surface area contributed by atoms with E-state index in [1.54, 1.807) is 0 Å². The van der Waals surface area contributed by atoms with E-state index in [0.717, 1.165) is 23.6 Å². The van der Waals surface area contributed by atoms with Crippen LogP contribution in [0.3, 0.4) is 0 Å². The van der Waals surface area contributed by atoms with Gasteiger partial charge in [0.05, 0.1) is 0 Å². The molecular formula is C13H18N4. The van der Waals surface area contributed by atoms with Gasteiger partial charge < -0.3 is 5.73 Å². The Kier molecular flexibility index (Phi) is 2.59. The molecule has 2 aromatic rings. The molecule has 1 atom stereocenters. The fraction of sp³-hybridized carbons (Fsp3) is 0.538. The third-order valence-electron chi connectivity index (χ3n) is 3.46. The monoisotopic (exact) mass is 230 g/mol. The van der Waals surface area contributed by atoms with E-state index in [0.29, 0.717) is 5.92 Å². The molecule has 2 N–H and O–H groups in total. The molecule has 0 aliphatic heterocycles. The van der Waals surface area contributed by atoms with Crippen LogP contribution in [-0.4, -0.2) is 20.6 Å². The SMILES string of the molecule is CC(N)Cc1cccc2nc(C3CCC3)nn12. The molecule has 4 heteroatoms. The molecule has 2 aromatic heterocycles. The van der Waals surface area contributed by atoms with Crippen molar-refractivity contribution in [2.75, 3.05) is 0 Å². The Bertz CT molecular complexity index is 525. The number of fused-ring (bicyclic) bond motifs is 1. The van der Waals surface area contributed by atoms with Gasteiger partial charge in [0, 0.05) is 24.1 Å². The molecule has 0 amide bonds. The minimum atomic E-state index is 0.150. The summed E-state index contributed by atoms with van der Waals surface area (Å²) in [6.07, 6.45) is 4.62. The molecule has 90 valence electrons. The van der Waals surface area contributed by atoms with Gasteiger partial charge in [-0.15, -0.1) is 0 Å². The van der Waals surface area contributed by atoms with E-state index in [9.17, 15) is 0 Å². The van der Waals surface area contributed by atoms with Crippen LogP contribution in [0.2, 0.25) is 0 Å². The van der Waals surface area contributed by atoms with Crippen LogP contribution in [0.1, 0.15) is 43.6 Å². The van der Waals surface area contributed by atoms with Crippen LogP contribution in [0.5, 0.6) is 0 Å². The third kappa shape index (κ3) is 1.93. The maximum absolute atomic E-state index is 5.86. The van der Waals surface area contributed by atoms with Crippen LogP contribution in [0.4, 0.5) is 0 Å². The van der Waals surface area contributed by atoms with Gasteiger partial charge in [0.15, 0.2) is 11.5 Å². The number of hydrogen-bond donors (Lipinski definition) is 1. The van der Waals surface area contributed by atoms with E-state index in [1.165, 1.54) is 19.3 Å². The highest BCUT2D eigenvalue weighted by atomic mass is 15.3. The summed E-state index contributed by atoms with van der Waals surface area (Å²) in [7, 11) is 0. The molecule has 2 heterocycles. The molecule has 4 nitrogen and oxygen atoms in total. The van der Waals surface area contributed by atoms with Gasteiger partial charge in [-0.05, 0) is 31.9 Å². The van der Waals surface area contributed by atoms with Crippen molar-refractivity contribution >= 4 is 5.65 Å². The first-order valence-electron chi connectivity index (χ1n) is 6.34. The molecule has 0 bridgehead atoms. The van der Waals surface area contributed by atoms with Gasteiger partial charge in [0.25, 0.3) is 0 Å². The Labute approximate surface area is 101 Å². The zero-order valence-corrected chi connectivity index (χ0v) is 10.1. The van der Waals surface area contributed by atoms with Gasteiger partial charge in [0.1, 0.15) is 0 Å². The van der Waals surface area contributed by atoms with E-state index in [-0.39, 0.29) is 6.04 Å². The average Bonchev–Trinajstić information content (AvgIpc) is 2.58. The number of hydrogen-bond acceptors (Lipinski definition) is 3. The standard InChI is InChI=1S/C13H18N4/c1-9(14)8-11-6-3-7-12-15-13(16-17(11)12)10-4-2-5-10/h3,6-7,9-10H,2,4-5,8,14H2,1H3. The summed E-state index contributed by atoms with van der Waals surface area (Å²) in [4.78, 5) is 4.61. The summed E-state index contributed by atoms with van der Waals surface area (Å²) in [5, 5.41) is 4.64. The number of pyridine rings is 1. The summed E-state index contributed by atoms with van der Waals surface area (Å²) in [6.45, 7) is 2.02. The second-order valence-corrected chi connectivity index (χ2v) is 5.07. The summed E-state index contributed by atoms with van der Waals surface area (Å²) < 4.78 is 1.96. The quantitative estimate of drug-likeness (QED) is 0.876. The molecule has 1 unspecified atom stereocenters. The smallest absolute Gasteiger partial charge is 0.155 e. The van der Waals surface area contributed by atoms with Crippen LogP contribution < -0.4 is 5.73 Å². The second kappa shape index (κ2) is 4.11. The van der Waals surface area contributed by atoms with Crippen LogP contribution >= 0.6 is 0 Å². The van der Waals surface area contributed by atoms with E-state index < -0.39 is 0 Å². The van der Waals surface area contributed by atoms with Crippen molar-refractivity contribution in [3.8, 4) is 0 Å². The van der Waals surface area contributed by atoms with Gasteiger partial charge in [-0.1, -0.05) is 12.5 Å². The van der Waals surface area contributed by atoms with Crippen LogP contribution in [0, 0.1) is 0 Å².